The number of anilines is 1. The summed E-state index contributed by atoms with van der Waals surface area (Å²) in [7, 11) is 0. The summed E-state index contributed by atoms with van der Waals surface area (Å²) in [4.78, 5) is 16.6. The van der Waals surface area contributed by atoms with Gasteiger partial charge in [0.05, 0.1) is 10.3 Å². The molecule has 1 aromatic heterocycles. The van der Waals surface area contributed by atoms with Crippen molar-refractivity contribution in [3.8, 4) is 0 Å². The van der Waals surface area contributed by atoms with Gasteiger partial charge in [0.15, 0.2) is 0 Å². The van der Waals surface area contributed by atoms with Crippen molar-refractivity contribution in [2.24, 2.45) is 0 Å². The third-order valence-corrected chi connectivity index (χ3v) is 4.40. The molecule has 1 unspecified atom stereocenters. The smallest absolute Gasteiger partial charge is 0.237 e. The lowest BCUT2D eigenvalue weighted by Crippen LogP contribution is -2.22. The van der Waals surface area contributed by atoms with Crippen LogP contribution in [0.15, 0.2) is 71.9 Å². The van der Waals surface area contributed by atoms with E-state index in [0.29, 0.717) is 0 Å². The van der Waals surface area contributed by atoms with Gasteiger partial charge in [-0.1, -0.05) is 54.2 Å². The highest BCUT2D eigenvalue weighted by atomic mass is 32.2. The molecule has 0 saturated carbocycles. The molecule has 3 rings (SSSR count). The molecule has 0 aliphatic carbocycles. The largest absolute Gasteiger partial charge is 0.325 e. The quantitative estimate of drug-likeness (QED) is 0.728. The SMILES string of the molecule is CC(Sc1ccccn1)C(=O)Nc1cccc2ccccc12. The van der Waals surface area contributed by atoms with Crippen LogP contribution in [0.25, 0.3) is 10.8 Å². The monoisotopic (exact) mass is 308 g/mol. The maximum atomic E-state index is 12.4. The molecular weight excluding hydrogens is 292 g/mol. The van der Waals surface area contributed by atoms with Crippen molar-refractivity contribution >= 4 is 34.1 Å². The molecule has 22 heavy (non-hydrogen) atoms. The van der Waals surface area contributed by atoms with Crippen LogP contribution in [0.3, 0.4) is 0 Å². The predicted octanol–water partition coefficient (Wildman–Crippen LogP) is 4.35. The summed E-state index contributed by atoms with van der Waals surface area (Å²) in [6.07, 6.45) is 1.73. The molecule has 1 atom stereocenters. The first-order valence-electron chi connectivity index (χ1n) is 7.10. The Morgan fingerprint density at radius 1 is 1.05 bits per heavy atom. The molecule has 0 saturated heterocycles. The van der Waals surface area contributed by atoms with Gasteiger partial charge in [-0.25, -0.2) is 4.98 Å². The number of rotatable bonds is 4. The molecule has 1 N–H and O–H groups in total. The Morgan fingerprint density at radius 2 is 1.82 bits per heavy atom. The Balaban J connectivity index is 1.75. The Labute approximate surface area is 133 Å². The van der Waals surface area contributed by atoms with Crippen molar-refractivity contribution < 1.29 is 4.79 Å². The molecule has 3 nitrogen and oxygen atoms in total. The summed E-state index contributed by atoms with van der Waals surface area (Å²) in [5.74, 6) is -0.0213. The molecule has 0 bridgehead atoms. The normalized spacial score (nSPS) is 12.0. The lowest BCUT2D eigenvalue weighted by Gasteiger charge is -2.13. The highest BCUT2D eigenvalue weighted by Crippen LogP contribution is 2.25. The number of hydrogen-bond donors (Lipinski definition) is 1. The van der Waals surface area contributed by atoms with Gasteiger partial charge in [0.2, 0.25) is 5.91 Å². The van der Waals surface area contributed by atoms with E-state index in [4.69, 9.17) is 0 Å². The number of thioether (sulfide) groups is 1. The number of benzene rings is 2. The predicted molar refractivity (Wildman–Crippen MR) is 92.1 cm³/mol. The number of carbonyl (C=O) groups excluding carboxylic acids is 1. The minimum atomic E-state index is -0.214. The van der Waals surface area contributed by atoms with Crippen molar-refractivity contribution in [3.05, 3.63) is 66.9 Å². The van der Waals surface area contributed by atoms with Gasteiger partial charge in [0.25, 0.3) is 0 Å². The summed E-state index contributed by atoms with van der Waals surface area (Å²) in [5, 5.41) is 5.82. The molecule has 3 aromatic rings. The second-order valence-corrected chi connectivity index (χ2v) is 6.31. The fourth-order valence-electron chi connectivity index (χ4n) is 2.22. The number of hydrogen-bond acceptors (Lipinski definition) is 3. The van der Waals surface area contributed by atoms with E-state index in [-0.39, 0.29) is 11.2 Å². The first kappa shape index (κ1) is 14.6. The number of fused-ring (bicyclic) bond motifs is 1. The van der Waals surface area contributed by atoms with E-state index in [0.717, 1.165) is 21.5 Å². The van der Waals surface area contributed by atoms with Gasteiger partial charge in [0, 0.05) is 17.3 Å². The van der Waals surface area contributed by atoms with Crippen LogP contribution in [0.4, 0.5) is 5.69 Å². The number of pyridine rings is 1. The van der Waals surface area contributed by atoms with Crippen LogP contribution in [-0.4, -0.2) is 16.1 Å². The lowest BCUT2D eigenvalue weighted by atomic mass is 10.1. The molecular formula is C18H16N2OS. The maximum Gasteiger partial charge on any atom is 0.237 e. The van der Waals surface area contributed by atoms with Crippen molar-refractivity contribution in [2.45, 2.75) is 17.2 Å². The van der Waals surface area contributed by atoms with Gasteiger partial charge < -0.3 is 5.32 Å². The molecule has 1 amide bonds. The standard InChI is InChI=1S/C18H16N2OS/c1-13(22-17-11-4-5-12-19-17)18(21)20-16-10-6-8-14-7-2-3-9-15(14)16/h2-13H,1H3,(H,20,21). The summed E-state index contributed by atoms with van der Waals surface area (Å²) in [5.41, 5.74) is 0.844. The van der Waals surface area contributed by atoms with Crippen LogP contribution < -0.4 is 5.32 Å². The van der Waals surface area contributed by atoms with E-state index in [1.807, 2.05) is 67.6 Å². The summed E-state index contributed by atoms with van der Waals surface area (Å²) >= 11 is 1.45. The van der Waals surface area contributed by atoms with Crippen LogP contribution in [0.5, 0.6) is 0 Å². The first-order valence-corrected chi connectivity index (χ1v) is 7.98. The highest BCUT2D eigenvalue weighted by molar-refractivity contribution is 8.00. The molecule has 0 fully saturated rings. The number of nitrogens with one attached hydrogen (secondary N) is 1. The van der Waals surface area contributed by atoms with Gasteiger partial charge in [-0.15, -0.1) is 0 Å². The third-order valence-electron chi connectivity index (χ3n) is 3.35. The van der Waals surface area contributed by atoms with E-state index < -0.39 is 0 Å². The van der Waals surface area contributed by atoms with E-state index in [1.165, 1.54) is 11.8 Å². The fraction of sp³-hybridized carbons (Fsp3) is 0.111. The highest BCUT2D eigenvalue weighted by Gasteiger charge is 2.15. The lowest BCUT2D eigenvalue weighted by molar-refractivity contribution is -0.115. The van der Waals surface area contributed by atoms with E-state index in [1.54, 1.807) is 6.20 Å². The summed E-state index contributed by atoms with van der Waals surface area (Å²) < 4.78 is 0. The Bertz CT molecular complexity index is 784. The molecule has 0 spiro atoms. The average molecular weight is 308 g/mol. The van der Waals surface area contributed by atoms with Crippen LogP contribution >= 0.6 is 11.8 Å². The van der Waals surface area contributed by atoms with E-state index >= 15 is 0 Å². The number of nitrogens with zero attached hydrogens (tertiary/aromatic N) is 1. The fourth-order valence-corrected chi connectivity index (χ4v) is 3.03. The topological polar surface area (TPSA) is 42.0 Å². The van der Waals surface area contributed by atoms with Crippen molar-refractivity contribution in [2.75, 3.05) is 5.32 Å². The zero-order valence-corrected chi connectivity index (χ0v) is 13.0. The maximum absolute atomic E-state index is 12.4. The van der Waals surface area contributed by atoms with Gasteiger partial charge in [-0.05, 0) is 30.5 Å². The third kappa shape index (κ3) is 3.28. The number of aromatic nitrogens is 1. The summed E-state index contributed by atoms with van der Waals surface area (Å²) in [6, 6.07) is 19.6. The van der Waals surface area contributed by atoms with Crippen LogP contribution in [0.1, 0.15) is 6.92 Å². The molecule has 0 aliphatic rings. The Morgan fingerprint density at radius 3 is 2.64 bits per heavy atom. The van der Waals surface area contributed by atoms with Crippen molar-refractivity contribution in [3.63, 3.8) is 0 Å². The summed E-state index contributed by atoms with van der Waals surface area (Å²) in [6.45, 7) is 1.89. The minimum Gasteiger partial charge on any atom is -0.325 e. The molecule has 1 heterocycles. The number of amides is 1. The van der Waals surface area contributed by atoms with E-state index in [2.05, 4.69) is 10.3 Å². The molecule has 0 aliphatic heterocycles. The molecule has 2 aromatic carbocycles. The van der Waals surface area contributed by atoms with Crippen LogP contribution in [0.2, 0.25) is 0 Å². The van der Waals surface area contributed by atoms with Gasteiger partial charge in [0.1, 0.15) is 0 Å². The molecule has 0 radical (unpaired) electrons. The second-order valence-electron chi connectivity index (χ2n) is 4.94. The number of carbonyl (C=O) groups is 1. The molecule has 110 valence electrons. The van der Waals surface area contributed by atoms with Crippen LogP contribution in [0, 0.1) is 0 Å². The Kier molecular flexibility index (Phi) is 4.39. The molecule has 4 heteroatoms. The van der Waals surface area contributed by atoms with Crippen LogP contribution in [-0.2, 0) is 4.79 Å². The van der Waals surface area contributed by atoms with Crippen molar-refractivity contribution in [1.29, 1.82) is 0 Å². The van der Waals surface area contributed by atoms with Crippen molar-refractivity contribution in [1.82, 2.24) is 4.98 Å². The zero-order valence-electron chi connectivity index (χ0n) is 12.2. The van der Waals surface area contributed by atoms with Gasteiger partial charge >= 0.3 is 0 Å². The van der Waals surface area contributed by atoms with Gasteiger partial charge in [-0.3, -0.25) is 4.79 Å². The first-order chi connectivity index (χ1) is 10.7. The second kappa shape index (κ2) is 6.62. The van der Waals surface area contributed by atoms with E-state index in [9.17, 15) is 4.79 Å². The average Bonchev–Trinajstić information content (AvgIpc) is 2.56. The zero-order chi connectivity index (χ0) is 15.4. The minimum absolute atomic E-state index is 0.0213. The Hall–Kier alpha value is -2.33. The van der Waals surface area contributed by atoms with Gasteiger partial charge in [-0.2, -0.15) is 0 Å².